The van der Waals surface area contributed by atoms with Crippen LogP contribution >= 0.6 is 0 Å². The molecule has 9 heteroatoms. The monoisotopic (exact) mass is 436 g/mol. The first-order valence-corrected chi connectivity index (χ1v) is 9.78. The van der Waals surface area contributed by atoms with Gasteiger partial charge < -0.3 is 4.74 Å². The largest absolute Gasteiger partial charge is 0.459 e. The molecular formula is C23H15F3N4O2. The van der Waals surface area contributed by atoms with Crippen LogP contribution in [0.1, 0.15) is 28.3 Å². The van der Waals surface area contributed by atoms with E-state index in [2.05, 4.69) is 21.3 Å². The lowest BCUT2D eigenvalue weighted by atomic mass is 9.75. The number of aromatic nitrogens is 2. The molecule has 1 N–H and O–H groups in total. The van der Waals surface area contributed by atoms with Gasteiger partial charge in [-0.15, -0.1) is 0 Å². The van der Waals surface area contributed by atoms with Gasteiger partial charge >= 0.3 is 12.1 Å². The Morgan fingerprint density at radius 2 is 1.91 bits per heavy atom. The molecular weight excluding hydrogens is 421 g/mol. The lowest BCUT2D eigenvalue weighted by Gasteiger charge is -2.27. The van der Waals surface area contributed by atoms with E-state index in [9.17, 15) is 23.2 Å². The molecule has 5 rings (SSSR count). The number of hydrogen-bond donors (Lipinski definition) is 1. The highest BCUT2D eigenvalue weighted by atomic mass is 19.4. The molecule has 0 amide bonds. The van der Waals surface area contributed by atoms with E-state index in [1.165, 1.54) is 12.1 Å². The summed E-state index contributed by atoms with van der Waals surface area (Å²) in [6.45, 7) is 1.85. The van der Waals surface area contributed by atoms with Crippen LogP contribution in [0.4, 0.5) is 13.2 Å². The van der Waals surface area contributed by atoms with Crippen molar-refractivity contribution in [1.82, 2.24) is 10.2 Å². The van der Waals surface area contributed by atoms with E-state index in [-0.39, 0.29) is 17.9 Å². The van der Waals surface area contributed by atoms with Crippen LogP contribution in [0.25, 0.3) is 16.6 Å². The van der Waals surface area contributed by atoms with Gasteiger partial charge in [-0.05, 0) is 36.8 Å². The number of hydrogen-bond acceptors (Lipinski definition) is 5. The van der Waals surface area contributed by atoms with Crippen LogP contribution in [-0.4, -0.2) is 28.5 Å². The minimum absolute atomic E-state index is 0.0180. The number of aryl methyl sites for hydroxylation is 1. The van der Waals surface area contributed by atoms with E-state index in [1.807, 2.05) is 13.0 Å². The zero-order chi connectivity index (χ0) is 22.6. The number of carbonyl (C=O) groups excluding carboxylic acids is 1. The standard InChI is InChI=1S/C23H15F3N4O2/c1-11-15-8-13(4-7-17(15)30-29-11)19-16(9-27)21(28-18-10-32-22(31)20(18)19)12-2-5-14(6-3-12)23(24,25)26/h2-8,19-20H,10H2,1H3,(H,29,30). The highest BCUT2D eigenvalue weighted by Gasteiger charge is 2.46. The average molecular weight is 436 g/mol. The van der Waals surface area contributed by atoms with Gasteiger partial charge in [0.2, 0.25) is 0 Å². The summed E-state index contributed by atoms with van der Waals surface area (Å²) in [5, 5.41) is 18.0. The third-order valence-corrected chi connectivity index (χ3v) is 5.86. The van der Waals surface area contributed by atoms with Crippen LogP contribution in [0.2, 0.25) is 0 Å². The number of esters is 1. The molecule has 2 aromatic carbocycles. The second kappa shape index (κ2) is 7.05. The van der Waals surface area contributed by atoms with Crippen molar-refractivity contribution in [2.45, 2.75) is 19.0 Å². The van der Waals surface area contributed by atoms with Gasteiger partial charge in [0.05, 0.1) is 34.1 Å². The van der Waals surface area contributed by atoms with Gasteiger partial charge in [-0.25, -0.2) is 0 Å². The number of halogens is 3. The molecule has 3 aromatic rings. The fourth-order valence-corrected chi connectivity index (χ4v) is 4.28. The maximum Gasteiger partial charge on any atom is 0.416 e. The number of alkyl halides is 3. The summed E-state index contributed by atoms with van der Waals surface area (Å²) >= 11 is 0. The SMILES string of the molecule is Cc1[nH]nc2ccc(C3C(C#N)=C(c4ccc(C(F)(F)F)cc4)N=C4COC(=O)C43)cc12. The topological polar surface area (TPSA) is 91.1 Å². The summed E-state index contributed by atoms with van der Waals surface area (Å²) in [5.74, 6) is -1.90. The highest BCUT2D eigenvalue weighted by Crippen LogP contribution is 2.44. The molecule has 160 valence electrons. The van der Waals surface area contributed by atoms with E-state index < -0.39 is 29.5 Å². The molecule has 0 bridgehead atoms. The fourth-order valence-electron chi connectivity index (χ4n) is 4.28. The van der Waals surface area contributed by atoms with E-state index >= 15 is 0 Å². The Balaban J connectivity index is 1.69. The Hall–Kier alpha value is -3.93. The Morgan fingerprint density at radius 3 is 2.59 bits per heavy atom. The van der Waals surface area contributed by atoms with Crippen LogP contribution in [-0.2, 0) is 15.7 Å². The number of fused-ring (bicyclic) bond motifs is 2. The maximum absolute atomic E-state index is 13.0. The number of cyclic esters (lactones) is 1. The van der Waals surface area contributed by atoms with Crippen molar-refractivity contribution in [1.29, 1.82) is 5.26 Å². The summed E-state index contributed by atoms with van der Waals surface area (Å²) in [5.41, 5.74) is 2.78. The van der Waals surface area contributed by atoms with E-state index in [0.29, 0.717) is 16.8 Å². The molecule has 0 radical (unpaired) electrons. The normalized spacial score (nSPS) is 20.7. The quantitative estimate of drug-likeness (QED) is 0.598. The summed E-state index contributed by atoms with van der Waals surface area (Å²) in [4.78, 5) is 17.0. The summed E-state index contributed by atoms with van der Waals surface area (Å²) in [6.07, 6.45) is -4.47. The zero-order valence-electron chi connectivity index (χ0n) is 16.7. The Kier molecular flexibility index (Phi) is 4.41. The highest BCUT2D eigenvalue weighted by molar-refractivity contribution is 6.12. The van der Waals surface area contributed by atoms with Crippen molar-refractivity contribution >= 4 is 28.3 Å². The van der Waals surface area contributed by atoms with Crippen LogP contribution in [0.3, 0.4) is 0 Å². The number of nitriles is 1. The number of nitrogens with one attached hydrogen (secondary N) is 1. The molecule has 2 aliphatic heterocycles. The minimum Gasteiger partial charge on any atom is -0.459 e. The van der Waals surface area contributed by atoms with Crippen molar-refractivity contribution in [3.05, 3.63) is 70.4 Å². The van der Waals surface area contributed by atoms with Gasteiger partial charge in [0.15, 0.2) is 0 Å². The summed E-state index contributed by atoms with van der Waals surface area (Å²) in [6, 6.07) is 12.1. The first-order chi connectivity index (χ1) is 15.3. The first-order valence-electron chi connectivity index (χ1n) is 9.78. The molecule has 0 spiro atoms. The van der Waals surface area contributed by atoms with Gasteiger partial charge in [0.25, 0.3) is 0 Å². The first kappa shape index (κ1) is 20.0. The van der Waals surface area contributed by atoms with Crippen LogP contribution in [0.15, 0.2) is 53.0 Å². The maximum atomic E-state index is 13.0. The third kappa shape index (κ3) is 3.07. The lowest BCUT2D eigenvalue weighted by Crippen LogP contribution is -2.29. The van der Waals surface area contributed by atoms with Gasteiger partial charge in [0, 0.05) is 22.6 Å². The van der Waals surface area contributed by atoms with Crippen molar-refractivity contribution in [3.8, 4) is 6.07 Å². The number of allylic oxidation sites excluding steroid dienone is 1. The van der Waals surface area contributed by atoms with Gasteiger partial charge in [-0.2, -0.15) is 23.5 Å². The number of ether oxygens (including phenoxy) is 1. The predicted molar refractivity (Wildman–Crippen MR) is 109 cm³/mol. The number of aromatic amines is 1. The van der Waals surface area contributed by atoms with Crippen LogP contribution < -0.4 is 0 Å². The fraction of sp³-hybridized carbons (Fsp3) is 0.217. The van der Waals surface area contributed by atoms with Gasteiger partial charge in [0.1, 0.15) is 12.5 Å². The molecule has 1 fully saturated rings. The number of carbonyl (C=O) groups is 1. The molecule has 1 aromatic heterocycles. The van der Waals surface area contributed by atoms with Crippen molar-refractivity contribution in [3.63, 3.8) is 0 Å². The molecule has 0 aliphatic carbocycles. The number of nitrogens with zero attached hydrogens (tertiary/aromatic N) is 3. The molecule has 2 unspecified atom stereocenters. The number of benzene rings is 2. The lowest BCUT2D eigenvalue weighted by molar-refractivity contribution is -0.141. The molecule has 2 aliphatic rings. The zero-order valence-corrected chi connectivity index (χ0v) is 16.7. The van der Waals surface area contributed by atoms with E-state index in [0.717, 1.165) is 28.7 Å². The van der Waals surface area contributed by atoms with E-state index in [4.69, 9.17) is 4.74 Å². The van der Waals surface area contributed by atoms with E-state index in [1.54, 1.807) is 12.1 Å². The smallest absolute Gasteiger partial charge is 0.416 e. The van der Waals surface area contributed by atoms with Crippen molar-refractivity contribution < 1.29 is 22.7 Å². The Bertz CT molecular complexity index is 1360. The second-order valence-corrected chi connectivity index (χ2v) is 7.74. The molecule has 3 heterocycles. The number of H-pyrrole nitrogens is 1. The third-order valence-electron chi connectivity index (χ3n) is 5.86. The molecule has 32 heavy (non-hydrogen) atoms. The number of aliphatic imine (C=N–C) groups is 1. The van der Waals surface area contributed by atoms with Crippen molar-refractivity contribution in [2.24, 2.45) is 10.9 Å². The molecule has 2 atom stereocenters. The number of rotatable bonds is 2. The average Bonchev–Trinajstić information content (AvgIpc) is 3.34. The molecule has 1 saturated heterocycles. The van der Waals surface area contributed by atoms with Crippen LogP contribution in [0, 0.1) is 24.2 Å². The van der Waals surface area contributed by atoms with Gasteiger partial charge in [-0.3, -0.25) is 14.9 Å². The van der Waals surface area contributed by atoms with Crippen LogP contribution in [0.5, 0.6) is 0 Å². The summed E-state index contributed by atoms with van der Waals surface area (Å²) < 4.78 is 44.2. The van der Waals surface area contributed by atoms with Crippen molar-refractivity contribution in [2.75, 3.05) is 6.61 Å². The van der Waals surface area contributed by atoms with Gasteiger partial charge in [-0.1, -0.05) is 18.2 Å². The summed E-state index contributed by atoms with van der Waals surface area (Å²) in [7, 11) is 0. The Labute approximate surface area is 180 Å². The molecule has 0 saturated carbocycles. The minimum atomic E-state index is -4.47. The molecule has 6 nitrogen and oxygen atoms in total. The predicted octanol–water partition coefficient (Wildman–Crippen LogP) is 4.54. The Morgan fingerprint density at radius 1 is 1.16 bits per heavy atom. The second-order valence-electron chi connectivity index (χ2n) is 7.74.